The number of nitrogens with zero attached hydrogens (tertiary/aromatic N) is 1. The molecular formula is C20H34N2. The van der Waals surface area contributed by atoms with Gasteiger partial charge in [0.05, 0.1) is 0 Å². The van der Waals surface area contributed by atoms with Gasteiger partial charge in [-0.05, 0) is 55.7 Å². The van der Waals surface area contributed by atoms with Crippen LogP contribution >= 0.6 is 0 Å². The Hall–Kier alpha value is -0.860. The fraction of sp³-hybridized carbons (Fsp3) is 0.700. The maximum Gasteiger partial charge on any atom is 0.0113 e. The molecule has 1 saturated carbocycles. The van der Waals surface area contributed by atoms with Gasteiger partial charge < -0.3 is 5.73 Å². The Morgan fingerprint density at radius 3 is 2.27 bits per heavy atom. The lowest BCUT2D eigenvalue weighted by molar-refractivity contribution is 0.152. The van der Waals surface area contributed by atoms with Gasteiger partial charge in [0.25, 0.3) is 0 Å². The molecule has 1 aromatic carbocycles. The van der Waals surface area contributed by atoms with Gasteiger partial charge in [-0.3, -0.25) is 4.90 Å². The molecule has 0 saturated heterocycles. The average Bonchev–Trinajstić information content (AvgIpc) is 2.85. The molecule has 124 valence electrons. The molecule has 3 atom stereocenters. The Kier molecular flexibility index (Phi) is 5.68. The lowest BCUT2D eigenvalue weighted by Crippen LogP contribution is -2.42. The van der Waals surface area contributed by atoms with Crippen LogP contribution in [0.1, 0.15) is 65.0 Å². The largest absolute Gasteiger partial charge is 0.328 e. The second-order valence-electron chi connectivity index (χ2n) is 8.06. The third-order valence-corrected chi connectivity index (χ3v) is 5.20. The first-order valence-corrected chi connectivity index (χ1v) is 8.92. The first-order valence-electron chi connectivity index (χ1n) is 8.92. The number of rotatable bonds is 5. The fourth-order valence-corrected chi connectivity index (χ4v) is 3.82. The summed E-state index contributed by atoms with van der Waals surface area (Å²) < 4.78 is 0. The zero-order chi connectivity index (χ0) is 16.3. The number of likely N-dealkylation sites (N-methyl/N-ethyl adjacent to an activating group) is 1. The molecule has 1 unspecified atom stereocenters. The van der Waals surface area contributed by atoms with E-state index >= 15 is 0 Å². The van der Waals surface area contributed by atoms with Crippen LogP contribution in [0.4, 0.5) is 0 Å². The normalized spacial score (nSPS) is 24.0. The topological polar surface area (TPSA) is 29.3 Å². The molecule has 0 spiro atoms. The van der Waals surface area contributed by atoms with Crippen LogP contribution in [0.5, 0.6) is 0 Å². The molecule has 2 N–H and O–H groups in total. The van der Waals surface area contributed by atoms with Gasteiger partial charge >= 0.3 is 0 Å². The van der Waals surface area contributed by atoms with Crippen LogP contribution in [0.3, 0.4) is 0 Å². The summed E-state index contributed by atoms with van der Waals surface area (Å²) in [6.45, 7) is 12.6. The number of hydrogen-bond acceptors (Lipinski definition) is 2. The van der Waals surface area contributed by atoms with E-state index in [9.17, 15) is 0 Å². The van der Waals surface area contributed by atoms with Crippen molar-refractivity contribution in [2.75, 3.05) is 6.54 Å². The minimum atomic E-state index is 0.236. The molecule has 0 aromatic heterocycles. The molecule has 0 heterocycles. The van der Waals surface area contributed by atoms with E-state index in [1.165, 1.54) is 30.4 Å². The summed E-state index contributed by atoms with van der Waals surface area (Å²) in [6.07, 6.45) is 4.75. The SMILES string of the molecule is CCN(C(C)Cc1ccc(C(C)(C)C)cc1)[C@H]1CC[C@@H](N)C1. The van der Waals surface area contributed by atoms with Crippen LogP contribution in [-0.2, 0) is 11.8 Å². The molecule has 0 radical (unpaired) electrons. The number of benzene rings is 1. The van der Waals surface area contributed by atoms with Crippen molar-refractivity contribution in [3.8, 4) is 0 Å². The highest BCUT2D eigenvalue weighted by Crippen LogP contribution is 2.26. The summed E-state index contributed by atoms with van der Waals surface area (Å²) in [7, 11) is 0. The van der Waals surface area contributed by atoms with E-state index in [0.717, 1.165) is 13.0 Å². The first kappa shape index (κ1) is 17.5. The van der Waals surface area contributed by atoms with Crippen LogP contribution < -0.4 is 5.73 Å². The standard InChI is InChI=1S/C20H34N2/c1-6-22(19-12-11-18(21)14-19)15(2)13-16-7-9-17(10-8-16)20(3,4)5/h7-10,15,18-19H,6,11-14,21H2,1-5H3/t15?,18-,19+/m1/s1. The molecule has 0 amide bonds. The van der Waals surface area contributed by atoms with Crippen molar-refractivity contribution in [2.45, 2.75) is 83.8 Å². The van der Waals surface area contributed by atoms with E-state index in [-0.39, 0.29) is 5.41 Å². The quantitative estimate of drug-likeness (QED) is 0.886. The van der Waals surface area contributed by atoms with Crippen molar-refractivity contribution in [1.29, 1.82) is 0 Å². The Balaban J connectivity index is 1.99. The molecule has 1 fully saturated rings. The molecule has 0 aliphatic heterocycles. The van der Waals surface area contributed by atoms with E-state index in [0.29, 0.717) is 18.1 Å². The van der Waals surface area contributed by atoms with Gasteiger partial charge in [0.15, 0.2) is 0 Å². The molecule has 1 aliphatic carbocycles. The zero-order valence-electron chi connectivity index (χ0n) is 15.1. The number of nitrogens with two attached hydrogens (primary N) is 1. The third-order valence-electron chi connectivity index (χ3n) is 5.20. The van der Waals surface area contributed by atoms with Gasteiger partial charge in [-0.25, -0.2) is 0 Å². The van der Waals surface area contributed by atoms with Crippen molar-refractivity contribution in [1.82, 2.24) is 4.90 Å². The molecule has 1 aromatic rings. The van der Waals surface area contributed by atoms with Crippen LogP contribution in [0.15, 0.2) is 24.3 Å². The average molecular weight is 303 g/mol. The highest BCUT2D eigenvalue weighted by atomic mass is 15.2. The van der Waals surface area contributed by atoms with Crippen LogP contribution in [0.2, 0.25) is 0 Å². The van der Waals surface area contributed by atoms with Gasteiger partial charge in [0.1, 0.15) is 0 Å². The van der Waals surface area contributed by atoms with E-state index < -0.39 is 0 Å². The summed E-state index contributed by atoms with van der Waals surface area (Å²) in [5.74, 6) is 0. The third kappa shape index (κ3) is 4.33. The summed E-state index contributed by atoms with van der Waals surface area (Å²) in [4.78, 5) is 2.66. The lowest BCUT2D eigenvalue weighted by Gasteiger charge is -2.34. The van der Waals surface area contributed by atoms with E-state index in [1.807, 2.05) is 0 Å². The Bertz CT molecular complexity index is 458. The predicted octanol–water partition coefficient (Wildman–Crippen LogP) is 4.12. The van der Waals surface area contributed by atoms with Gasteiger partial charge in [0.2, 0.25) is 0 Å². The van der Waals surface area contributed by atoms with E-state index in [2.05, 4.69) is 63.8 Å². The van der Waals surface area contributed by atoms with Crippen molar-refractivity contribution >= 4 is 0 Å². The highest BCUT2D eigenvalue weighted by Gasteiger charge is 2.29. The maximum atomic E-state index is 6.10. The predicted molar refractivity (Wildman–Crippen MR) is 96.3 cm³/mol. The molecule has 2 nitrogen and oxygen atoms in total. The minimum Gasteiger partial charge on any atom is -0.328 e. The summed E-state index contributed by atoms with van der Waals surface area (Å²) in [5, 5.41) is 0. The molecular weight excluding hydrogens is 268 g/mol. The summed E-state index contributed by atoms with van der Waals surface area (Å²) >= 11 is 0. The maximum absolute atomic E-state index is 6.10. The van der Waals surface area contributed by atoms with Crippen molar-refractivity contribution < 1.29 is 0 Å². The van der Waals surface area contributed by atoms with Crippen molar-refractivity contribution in [3.63, 3.8) is 0 Å². The van der Waals surface area contributed by atoms with Crippen LogP contribution in [0, 0.1) is 0 Å². The van der Waals surface area contributed by atoms with E-state index in [1.54, 1.807) is 0 Å². The molecule has 2 rings (SSSR count). The Morgan fingerprint density at radius 2 is 1.82 bits per heavy atom. The minimum absolute atomic E-state index is 0.236. The summed E-state index contributed by atoms with van der Waals surface area (Å²) in [5.41, 5.74) is 9.20. The fourth-order valence-electron chi connectivity index (χ4n) is 3.82. The number of hydrogen-bond donors (Lipinski definition) is 1. The van der Waals surface area contributed by atoms with E-state index in [4.69, 9.17) is 5.73 Å². The Labute approximate surface area is 137 Å². The monoisotopic (exact) mass is 302 g/mol. The van der Waals surface area contributed by atoms with Gasteiger partial charge in [-0.2, -0.15) is 0 Å². The van der Waals surface area contributed by atoms with Crippen molar-refractivity contribution in [2.24, 2.45) is 5.73 Å². The summed E-state index contributed by atoms with van der Waals surface area (Å²) in [6, 6.07) is 10.9. The van der Waals surface area contributed by atoms with Crippen LogP contribution in [0.25, 0.3) is 0 Å². The van der Waals surface area contributed by atoms with Crippen LogP contribution in [-0.4, -0.2) is 29.6 Å². The molecule has 0 bridgehead atoms. The second-order valence-corrected chi connectivity index (χ2v) is 8.06. The van der Waals surface area contributed by atoms with Crippen molar-refractivity contribution in [3.05, 3.63) is 35.4 Å². The second kappa shape index (κ2) is 7.14. The Morgan fingerprint density at radius 1 is 1.18 bits per heavy atom. The van der Waals surface area contributed by atoms with Gasteiger partial charge in [0, 0.05) is 18.1 Å². The zero-order valence-corrected chi connectivity index (χ0v) is 15.1. The lowest BCUT2D eigenvalue weighted by atomic mass is 9.86. The molecule has 2 heteroatoms. The smallest absolute Gasteiger partial charge is 0.0113 e. The molecule has 1 aliphatic rings. The highest BCUT2D eigenvalue weighted by molar-refractivity contribution is 5.28. The molecule has 22 heavy (non-hydrogen) atoms. The first-order chi connectivity index (χ1) is 10.3. The van der Waals surface area contributed by atoms with Gasteiger partial charge in [-0.15, -0.1) is 0 Å². The van der Waals surface area contributed by atoms with Gasteiger partial charge in [-0.1, -0.05) is 52.0 Å².